The monoisotopic (exact) mass is 282 g/mol. The molecule has 2 aromatic heterocycles. The molecule has 2 rings (SSSR count). The molecule has 0 saturated carbocycles. The van der Waals surface area contributed by atoms with E-state index in [1.807, 2.05) is 5.38 Å². The van der Waals surface area contributed by atoms with Gasteiger partial charge in [-0.15, -0.1) is 10.2 Å². The van der Waals surface area contributed by atoms with Gasteiger partial charge in [-0.25, -0.2) is 0 Å². The summed E-state index contributed by atoms with van der Waals surface area (Å²) >= 11 is 2.71. The zero-order chi connectivity index (χ0) is 12.8. The number of carbonyl (C=O) groups is 2. The molecule has 8 heteroatoms. The summed E-state index contributed by atoms with van der Waals surface area (Å²) in [5, 5.41) is 16.6. The van der Waals surface area contributed by atoms with Gasteiger partial charge in [-0.2, -0.15) is 11.3 Å². The molecule has 2 N–H and O–H groups in total. The Morgan fingerprint density at radius 2 is 2.28 bits per heavy atom. The normalized spacial score (nSPS) is 10.0. The van der Waals surface area contributed by atoms with Crippen molar-refractivity contribution in [3.05, 3.63) is 27.9 Å². The van der Waals surface area contributed by atoms with Crippen LogP contribution in [0.4, 0.5) is 5.13 Å². The van der Waals surface area contributed by atoms with Crippen molar-refractivity contribution in [1.29, 1.82) is 0 Å². The van der Waals surface area contributed by atoms with Crippen LogP contribution in [-0.2, 0) is 4.79 Å². The first-order valence-corrected chi connectivity index (χ1v) is 6.94. The van der Waals surface area contributed by atoms with Crippen molar-refractivity contribution < 1.29 is 9.59 Å². The van der Waals surface area contributed by atoms with Crippen molar-refractivity contribution in [2.24, 2.45) is 0 Å². The van der Waals surface area contributed by atoms with E-state index in [2.05, 4.69) is 20.8 Å². The maximum atomic E-state index is 11.5. The molecule has 18 heavy (non-hydrogen) atoms. The number of carbonyl (C=O) groups excluding carboxylic acids is 2. The van der Waals surface area contributed by atoms with Crippen LogP contribution in [0.3, 0.4) is 0 Å². The third kappa shape index (κ3) is 3.60. The maximum Gasteiger partial charge on any atom is 0.252 e. The molecular formula is C10H10N4O2S2. The Morgan fingerprint density at radius 1 is 1.39 bits per heavy atom. The van der Waals surface area contributed by atoms with Gasteiger partial charge < -0.3 is 10.6 Å². The van der Waals surface area contributed by atoms with Crippen LogP contribution in [0.5, 0.6) is 0 Å². The van der Waals surface area contributed by atoms with Gasteiger partial charge in [0, 0.05) is 23.9 Å². The minimum atomic E-state index is -0.197. The fourth-order valence-corrected chi connectivity index (χ4v) is 2.29. The van der Waals surface area contributed by atoms with E-state index in [-0.39, 0.29) is 18.2 Å². The topological polar surface area (TPSA) is 84.0 Å². The van der Waals surface area contributed by atoms with Gasteiger partial charge in [0.15, 0.2) is 0 Å². The smallest absolute Gasteiger partial charge is 0.252 e. The van der Waals surface area contributed by atoms with Gasteiger partial charge in [-0.05, 0) is 11.4 Å². The van der Waals surface area contributed by atoms with Crippen molar-refractivity contribution in [2.45, 2.75) is 6.42 Å². The summed E-state index contributed by atoms with van der Waals surface area (Å²) in [4.78, 5) is 23.0. The Kier molecular flexibility index (Phi) is 4.37. The molecule has 94 valence electrons. The summed E-state index contributed by atoms with van der Waals surface area (Å²) in [5.74, 6) is -0.364. The molecule has 0 aliphatic rings. The molecule has 0 atom stereocenters. The van der Waals surface area contributed by atoms with E-state index < -0.39 is 0 Å². The zero-order valence-corrected chi connectivity index (χ0v) is 10.9. The molecule has 0 spiro atoms. The van der Waals surface area contributed by atoms with Crippen LogP contribution in [0.2, 0.25) is 0 Å². The fraction of sp³-hybridized carbons (Fsp3) is 0.200. The number of amides is 2. The van der Waals surface area contributed by atoms with Gasteiger partial charge in [0.25, 0.3) is 5.91 Å². The maximum absolute atomic E-state index is 11.5. The molecule has 0 aliphatic carbocycles. The molecule has 2 aromatic rings. The summed E-state index contributed by atoms with van der Waals surface area (Å²) in [6, 6.07) is 1.74. The second-order valence-electron chi connectivity index (χ2n) is 3.31. The van der Waals surface area contributed by atoms with Crippen molar-refractivity contribution >= 4 is 39.6 Å². The van der Waals surface area contributed by atoms with Gasteiger partial charge in [0.05, 0.1) is 0 Å². The number of nitrogens with zero attached hydrogens (tertiary/aromatic N) is 2. The molecule has 0 unspecified atom stereocenters. The van der Waals surface area contributed by atoms with Crippen LogP contribution in [0.25, 0.3) is 0 Å². The lowest BCUT2D eigenvalue weighted by atomic mass is 10.3. The summed E-state index contributed by atoms with van der Waals surface area (Å²) in [5.41, 5.74) is 2.15. The SMILES string of the molecule is O=C(CCNC(=O)c1ccsc1)Nc1nncs1. The van der Waals surface area contributed by atoms with Crippen molar-refractivity contribution in [3.63, 3.8) is 0 Å². The number of hydrogen-bond acceptors (Lipinski definition) is 6. The number of rotatable bonds is 5. The Balaban J connectivity index is 1.69. The Labute approximate surface area is 111 Å². The van der Waals surface area contributed by atoms with Crippen LogP contribution in [0.1, 0.15) is 16.8 Å². The minimum Gasteiger partial charge on any atom is -0.351 e. The van der Waals surface area contributed by atoms with Gasteiger partial charge in [0.2, 0.25) is 11.0 Å². The van der Waals surface area contributed by atoms with Gasteiger partial charge >= 0.3 is 0 Å². The molecular weight excluding hydrogens is 272 g/mol. The van der Waals surface area contributed by atoms with E-state index in [9.17, 15) is 9.59 Å². The first kappa shape index (κ1) is 12.7. The summed E-state index contributed by atoms with van der Waals surface area (Å²) in [7, 11) is 0. The number of anilines is 1. The highest BCUT2D eigenvalue weighted by Gasteiger charge is 2.07. The number of thiophene rings is 1. The average Bonchev–Trinajstić information content (AvgIpc) is 3.00. The molecule has 2 amide bonds. The Hall–Kier alpha value is -1.80. The van der Waals surface area contributed by atoms with Crippen LogP contribution >= 0.6 is 22.7 Å². The van der Waals surface area contributed by atoms with Crippen LogP contribution in [0, 0.1) is 0 Å². The Bertz CT molecular complexity index is 510. The van der Waals surface area contributed by atoms with E-state index in [0.717, 1.165) is 0 Å². The number of nitrogens with one attached hydrogen (secondary N) is 2. The van der Waals surface area contributed by atoms with Crippen molar-refractivity contribution in [2.75, 3.05) is 11.9 Å². The van der Waals surface area contributed by atoms with Crippen LogP contribution < -0.4 is 10.6 Å². The van der Waals surface area contributed by atoms with Crippen molar-refractivity contribution in [3.8, 4) is 0 Å². The molecule has 0 saturated heterocycles. The summed E-state index contributed by atoms with van der Waals surface area (Å²) in [6.45, 7) is 0.291. The van der Waals surface area contributed by atoms with E-state index in [4.69, 9.17) is 0 Å². The van der Waals surface area contributed by atoms with E-state index in [0.29, 0.717) is 17.2 Å². The third-order valence-corrected chi connectivity index (χ3v) is 3.32. The largest absolute Gasteiger partial charge is 0.351 e. The molecule has 2 heterocycles. The first-order valence-electron chi connectivity index (χ1n) is 5.12. The third-order valence-electron chi connectivity index (χ3n) is 2.03. The van der Waals surface area contributed by atoms with Gasteiger partial charge in [-0.3, -0.25) is 9.59 Å². The highest BCUT2D eigenvalue weighted by molar-refractivity contribution is 7.13. The Morgan fingerprint density at radius 3 is 2.94 bits per heavy atom. The van der Waals surface area contributed by atoms with E-state index >= 15 is 0 Å². The summed E-state index contributed by atoms with van der Waals surface area (Å²) < 4.78 is 0. The lowest BCUT2D eigenvalue weighted by Crippen LogP contribution is -2.27. The van der Waals surface area contributed by atoms with Gasteiger partial charge in [-0.1, -0.05) is 11.3 Å². The minimum absolute atomic E-state index is 0.167. The van der Waals surface area contributed by atoms with E-state index in [1.165, 1.54) is 28.2 Å². The molecule has 0 fully saturated rings. The highest BCUT2D eigenvalue weighted by atomic mass is 32.1. The molecule has 0 bridgehead atoms. The lowest BCUT2D eigenvalue weighted by Gasteiger charge is -2.03. The van der Waals surface area contributed by atoms with Crippen LogP contribution in [0.15, 0.2) is 22.3 Å². The first-order chi connectivity index (χ1) is 8.75. The predicted octanol–water partition coefficient (Wildman–Crippen LogP) is 1.36. The molecule has 6 nitrogen and oxygen atoms in total. The average molecular weight is 282 g/mol. The second kappa shape index (κ2) is 6.22. The lowest BCUT2D eigenvalue weighted by molar-refractivity contribution is -0.116. The van der Waals surface area contributed by atoms with E-state index in [1.54, 1.807) is 11.4 Å². The fourth-order valence-electron chi connectivity index (χ4n) is 1.19. The molecule has 0 radical (unpaired) electrons. The van der Waals surface area contributed by atoms with Crippen molar-refractivity contribution in [1.82, 2.24) is 15.5 Å². The van der Waals surface area contributed by atoms with Gasteiger partial charge in [0.1, 0.15) is 5.51 Å². The quantitative estimate of drug-likeness (QED) is 0.867. The molecule has 0 aliphatic heterocycles. The highest BCUT2D eigenvalue weighted by Crippen LogP contribution is 2.08. The number of hydrogen-bond donors (Lipinski definition) is 2. The summed E-state index contributed by atoms with van der Waals surface area (Å²) in [6.07, 6.45) is 0.204. The predicted molar refractivity (Wildman–Crippen MR) is 69.8 cm³/mol. The second-order valence-corrected chi connectivity index (χ2v) is 4.92. The number of aromatic nitrogens is 2. The van der Waals surface area contributed by atoms with Crippen LogP contribution in [-0.4, -0.2) is 28.6 Å². The zero-order valence-electron chi connectivity index (χ0n) is 9.25. The molecule has 0 aromatic carbocycles. The standard InChI is InChI=1S/C10H10N4O2S2/c15-8(13-10-14-12-6-18-10)1-3-11-9(16)7-2-4-17-5-7/h2,4-6H,1,3H2,(H,11,16)(H,13,14,15).